The second-order valence-corrected chi connectivity index (χ2v) is 11.2. The number of piperazine rings is 1. The van der Waals surface area contributed by atoms with E-state index in [0.717, 1.165) is 63.9 Å². The number of hydroxylamine groups is 1. The van der Waals surface area contributed by atoms with Gasteiger partial charge in [-0.2, -0.15) is 18.2 Å². The van der Waals surface area contributed by atoms with E-state index in [1.165, 1.54) is 11.1 Å². The van der Waals surface area contributed by atoms with Crippen molar-refractivity contribution in [2.45, 2.75) is 37.5 Å². The Kier molecular flexibility index (Phi) is 8.19. The van der Waals surface area contributed by atoms with Crippen molar-refractivity contribution in [2.75, 3.05) is 68.2 Å². The number of anilines is 4. The molecule has 4 heterocycles. The van der Waals surface area contributed by atoms with Crippen LogP contribution in [-0.2, 0) is 11.0 Å². The van der Waals surface area contributed by atoms with E-state index in [1.54, 1.807) is 12.1 Å². The van der Waals surface area contributed by atoms with Gasteiger partial charge in [-0.05, 0) is 43.7 Å². The lowest BCUT2D eigenvalue weighted by Gasteiger charge is -2.42. The van der Waals surface area contributed by atoms with Crippen molar-refractivity contribution in [3.05, 3.63) is 71.7 Å². The zero-order valence-corrected chi connectivity index (χ0v) is 23.5. The predicted molar refractivity (Wildman–Crippen MR) is 153 cm³/mol. The largest absolute Gasteiger partial charge is 0.421 e. The van der Waals surface area contributed by atoms with Gasteiger partial charge in [0, 0.05) is 63.6 Å². The monoisotopic (exact) mass is 585 g/mol. The molecule has 3 fully saturated rings. The topological polar surface area (TPSA) is 60.0 Å². The van der Waals surface area contributed by atoms with E-state index in [-0.39, 0.29) is 18.4 Å². The molecule has 3 saturated heterocycles. The molecule has 0 spiro atoms. The van der Waals surface area contributed by atoms with Crippen molar-refractivity contribution in [3.63, 3.8) is 0 Å². The van der Waals surface area contributed by atoms with Gasteiger partial charge in [0.25, 0.3) is 0 Å². The van der Waals surface area contributed by atoms with Gasteiger partial charge >= 0.3 is 6.18 Å². The molecular formula is C30H35F4N7O. The van der Waals surface area contributed by atoms with Crippen LogP contribution in [0, 0.1) is 5.82 Å². The van der Waals surface area contributed by atoms with Crippen LogP contribution in [0.2, 0.25) is 0 Å². The number of nitrogens with zero attached hydrogens (tertiary/aromatic N) is 6. The third kappa shape index (κ3) is 6.16. The summed E-state index contributed by atoms with van der Waals surface area (Å²) in [5.41, 5.74) is 0.678. The minimum Gasteiger partial charge on any atom is -0.369 e. The SMILES string of the molecule is CN1CCN(C2CCN(c3ccc(Nc4ncc(C(F)(F)F)c(N5OCC[C@H]5c5ccccc5)n4)cc3F)CC2)CC1. The minimum atomic E-state index is -4.69. The second-order valence-electron chi connectivity index (χ2n) is 11.2. The average Bonchev–Trinajstić information content (AvgIpc) is 3.48. The summed E-state index contributed by atoms with van der Waals surface area (Å²) in [5.74, 6) is -0.871. The van der Waals surface area contributed by atoms with E-state index in [1.807, 2.05) is 30.3 Å². The highest BCUT2D eigenvalue weighted by Crippen LogP contribution is 2.41. The van der Waals surface area contributed by atoms with Gasteiger partial charge < -0.3 is 15.1 Å². The number of rotatable bonds is 6. The molecule has 0 amide bonds. The van der Waals surface area contributed by atoms with E-state index in [2.05, 4.69) is 37.0 Å². The van der Waals surface area contributed by atoms with Gasteiger partial charge in [0.1, 0.15) is 11.4 Å². The lowest BCUT2D eigenvalue weighted by molar-refractivity contribution is -0.138. The molecule has 3 aliphatic rings. The van der Waals surface area contributed by atoms with Crippen molar-refractivity contribution in [1.29, 1.82) is 0 Å². The summed E-state index contributed by atoms with van der Waals surface area (Å²) in [6.07, 6.45) is -1.48. The van der Waals surface area contributed by atoms with Crippen LogP contribution >= 0.6 is 0 Å². The van der Waals surface area contributed by atoms with E-state index in [9.17, 15) is 13.2 Å². The van der Waals surface area contributed by atoms with Gasteiger partial charge in [-0.15, -0.1) is 0 Å². The number of halogens is 4. The number of piperidine rings is 1. The van der Waals surface area contributed by atoms with E-state index >= 15 is 4.39 Å². The van der Waals surface area contributed by atoms with E-state index < -0.39 is 23.6 Å². The first-order valence-electron chi connectivity index (χ1n) is 14.4. The fraction of sp³-hybridized carbons (Fsp3) is 0.467. The number of hydrogen-bond acceptors (Lipinski definition) is 8. The number of benzene rings is 2. The van der Waals surface area contributed by atoms with Gasteiger partial charge in [0.15, 0.2) is 5.82 Å². The molecule has 0 bridgehead atoms. The first-order valence-corrected chi connectivity index (χ1v) is 14.4. The van der Waals surface area contributed by atoms with Crippen LogP contribution < -0.4 is 15.3 Å². The van der Waals surface area contributed by atoms with Crippen LogP contribution in [-0.4, -0.2) is 78.7 Å². The summed E-state index contributed by atoms with van der Waals surface area (Å²) in [6.45, 7) is 6.08. The van der Waals surface area contributed by atoms with Gasteiger partial charge in [-0.1, -0.05) is 30.3 Å². The number of alkyl halides is 3. The number of hydrogen-bond donors (Lipinski definition) is 1. The molecule has 3 aliphatic heterocycles. The highest BCUT2D eigenvalue weighted by molar-refractivity contribution is 5.62. The van der Waals surface area contributed by atoms with Crippen LogP contribution in [0.4, 0.5) is 40.7 Å². The molecule has 2 aromatic carbocycles. The maximum atomic E-state index is 15.3. The van der Waals surface area contributed by atoms with Crippen LogP contribution in [0.5, 0.6) is 0 Å². The van der Waals surface area contributed by atoms with Crippen LogP contribution in [0.15, 0.2) is 54.7 Å². The molecule has 1 aromatic heterocycles. The van der Waals surface area contributed by atoms with Crippen molar-refractivity contribution >= 4 is 23.1 Å². The molecule has 42 heavy (non-hydrogen) atoms. The number of likely N-dealkylation sites (N-methyl/N-ethyl adjacent to an activating group) is 1. The Bertz CT molecular complexity index is 1360. The molecule has 224 valence electrons. The summed E-state index contributed by atoms with van der Waals surface area (Å²) < 4.78 is 57.2. The van der Waals surface area contributed by atoms with Gasteiger partial charge in [0.2, 0.25) is 5.95 Å². The quantitative estimate of drug-likeness (QED) is 0.382. The highest BCUT2D eigenvalue weighted by atomic mass is 19.4. The highest BCUT2D eigenvalue weighted by Gasteiger charge is 2.40. The van der Waals surface area contributed by atoms with Crippen LogP contribution in [0.25, 0.3) is 0 Å². The molecule has 1 N–H and O–H groups in total. The third-order valence-corrected chi connectivity index (χ3v) is 8.44. The molecule has 3 aromatic rings. The number of aromatic nitrogens is 2. The normalized spacial score (nSPS) is 21.2. The molecule has 0 saturated carbocycles. The van der Waals surface area contributed by atoms with Gasteiger partial charge in [0.05, 0.1) is 18.3 Å². The molecule has 8 nitrogen and oxygen atoms in total. The maximum Gasteiger partial charge on any atom is 0.421 e. The fourth-order valence-corrected chi connectivity index (χ4v) is 6.09. The van der Waals surface area contributed by atoms with Crippen molar-refractivity contribution in [3.8, 4) is 0 Å². The molecule has 0 unspecified atom stereocenters. The standard InChI is InChI=1S/C30H35F4N7O/c1-38-14-16-39(17-15-38)23-9-12-40(13-10-23)27-8-7-22(19-25(27)31)36-29-35-20-24(30(32,33)34)28(37-29)41-26(11-18-42-41)21-5-3-2-4-6-21/h2-8,19-20,23,26H,9-18H2,1H3,(H,35,36,37)/t26-/m0/s1. The minimum absolute atomic E-state index is 0.0829. The zero-order valence-electron chi connectivity index (χ0n) is 23.5. The molecule has 12 heteroatoms. The van der Waals surface area contributed by atoms with E-state index in [0.29, 0.717) is 23.8 Å². The fourth-order valence-electron chi connectivity index (χ4n) is 6.09. The molecule has 0 radical (unpaired) electrons. The zero-order chi connectivity index (χ0) is 29.3. The summed E-state index contributed by atoms with van der Waals surface area (Å²) in [5, 5.41) is 4.09. The first-order chi connectivity index (χ1) is 20.3. The average molecular weight is 586 g/mol. The Labute approximate surface area is 242 Å². The van der Waals surface area contributed by atoms with Crippen molar-refractivity contribution < 1.29 is 22.4 Å². The Morgan fingerprint density at radius 1 is 0.929 bits per heavy atom. The smallest absolute Gasteiger partial charge is 0.369 e. The predicted octanol–water partition coefficient (Wildman–Crippen LogP) is 5.48. The van der Waals surface area contributed by atoms with Gasteiger partial charge in [-0.3, -0.25) is 9.74 Å². The maximum absolute atomic E-state index is 15.3. The van der Waals surface area contributed by atoms with Crippen LogP contribution in [0.3, 0.4) is 0 Å². The summed E-state index contributed by atoms with van der Waals surface area (Å²) in [7, 11) is 2.15. The van der Waals surface area contributed by atoms with Crippen molar-refractivity contribution in [1.82, 2.24) is 19.8 Å². The summed E-state index contributed by atoms with van der Waals surface area (Å²) in [4.78, 5) is 20.7. The Morgan fingerprint density at radius 2 is 1.67 bits per heavy atom. The Morgan fingerprint density at radius 3 is 2.36 bits per heavy atom. The Hall–Kier alpha value is -3.48. The Balaban J connectivity index is 1.17. The molecule has 0 aliphatic carbocycles. The van der Waals surface area contributed by atoms with Crippen molar-refractivity contribution in [2.24, 2.45) is 0 Å². The molecule has 1 atom stereocenters. The molecular weight excluding hydrogens is 550 g/mol. The third-order valence-electron chi connectivity index (χ3n) is 8.44. The lowest BCUT2D eigenvalue weighted by Crippen LogP contribution is -2.52. The second kappa shape index (κ2) is 12.0. The van der Waals surface area contributed by atoms with Crippen LogP contribution in [0.1, 0.15) is 36.4 Å². The van der Waals surface area contributed by atoms with Gasteiger partial charge in [-0.25, -0.2) is 14.4 Å². The number of nitrogens with one attached hydrogen (secondary N) is 1. The van der Waals surface area contributed by atoms with E-state index in [4.69, 9.17) is 4.84 Å². The molecule has 6 rings (SSSR count). The summed E-state index contributed by atoms with van der Waals surface area (Å²) >= 11 is 0. The first kappa shape index (κ1) is 28.6. The lowest BCUT2D eigenvalue weighted by atomic mass is 10.0. The summed E-state index contributed by atoms with van der Waals surface area (Å²) in [6, 6.07) is 14.0.